The minimum Gasteiger partial charge on any atom is -0.479 e. The first-order chi connectivity index (χ1) is 15.2. The van der Waals surface area contributed by atoms with E-state index >= 15 is 0 Å². The van der Waals surface area contributed by atoms with E-state index in [4.69, 9.17) is 9.47 Å². The smallest absolute Gasteiger partial charge is 0.335 e. The molecule has 0 spiro atoms. The van der Waals surface area contributed by atoms with Gasteiger partial charge < -0.3 is 35.0 Å². The Morgan fingerprint density at radius 3 is 2.55 bits per heavy atom. The van der Waals surface area contributed by atoms with E-state index < -0.39 is 36.7 Å². The summed E-state index contributed by atoms with van der Waals surface area (Å²) in [5.41, 5.74) is 2.51. The van der Waals surface area contributed by atoms with Crippen molar-refractivity contribution in [3.05, 3.63) is 29.3 Å². The van der Waals surface area contributed by atoms with Gasteiger partial charge in [0.25, 0.3) is 0 Å². The normalized spacial score (nSPS) is 44.1. The zero-order chi connectivity index (χ0) is 22.8. The quantitative estimate of drug-likeness (QED) is 0.408. The number of benzene rings is 1. The molecule has 33 heavy (non-hydrogen) atoms. The van der Waals surface area contributed by atoms with Crippen LogP contribution in [0.5, 0.6) is 5.75 Å². The summed E-state index contributed by atoms with van der Waals surface area (Å²) in [4.78, 5) is 11.3. The molecule has 8 nitrogen and oxygen atoms in total. The molecule has 0 bridgehead atoms. The molecule has 1 radical (unpaired) electrons. The van der Waals surface area contributed by atoms with Gasteiger partial charge in [0.15, 0.2) is 6.10 Å². The number of hydrogen-bond donors (Lipinski definition) is 5. The molecule has 3 aliphatic carbocycles. The second-order valence-corrected chi connectivity index (χ2v) is 10.3. The van der Waals surface area contributed by atoms with Gasteiger partial charge in [0, 0.05) is 29.6 Å². The molecule has 10 atom stereocenters. The number of aliphatic hydroxyl groups excluding tert-OH is 4. The molecule has 1 aliphatic heterocycles. The predicted molar refractivity (Wildman–Crippen MR) is 118 cm³/mol. The van der Waals surface area contributed by atoms with Crippen LogP contribution in [0.15, 0.2) is 18.2 Å². The molecule has 1 aromatic carbocycles. The van der Waals surface area contributed by atoms with Crippen molar-refractivity contribution in [1.82, 2.24) is 0 Å². The Balaban J connectivity index is 0.00000259. The third-order valence-corrected chi connectivity index (χ3v) is 8.71. The molecule has 1 heterocycles. The Kier molecular flexibility index (Phi) is 7.22. The minimum absolute atomic E-state index is 0. The van der Waals surface area contributed by atoms with E-state index in [1.165, 1.54) is 11.1 Å². The summed E-state index contributed by atoms with van der Waals surface area (Å²) in [6, 6.07) is 5.75. The van der Waals surface area contributed by atoms with Gasteiger partial charge >= 0.3 is 5.97 Å². The van der Waals surface area contributed by atoms with Gasteiger partial charge in [-0.1, -0.05) is 13.0 Å². The van der Waals surface area contributed by atoms with Crippen molar-refractivity contribution in [1.29, 1.82) is 0 Å². The molecular formula is C24H32NaO8. The zero-order valence-electron chi connectivity index (χ0n) is 19.1. The first-order valence-electron chi connectivity index (χ1n) is 11.6. The minimum atomic E-state index is -1.74. The van der Waals surface area contributed by atoms with Crippen molar-refractivity contribution in [2.24, 2.45) is 17.3 Å². The van der Waals surface area contributed by atoms with E-state index in [-0.39, 0.29) is 41.1 Å². The molecule has 4 aliphatic rings. The van der Waals surface area contributed by atoms with Crippen molar-refractivity contribution in [3.63, 3.8) is 0 Å². The molecule has 1 aromatic rings. The number of aliphatic hydroxyl groups is 4. The summed E-state index contributed by atoms with van der Waals surface area (Å²) in [5, 5.41) is 49.8. The number of aliphatic carboxylic acids is 1. The van der Waals surface area contributed by atoms with Crippen LogP contribution in [0.4, 0.5) is 0 Å². The van der Waals surface area contributed by atoms with Crippen LogP contribution in [0.1, 0.15) is 56.1 Å². The molecule has 5 N–H and O–H groups in total. The van der Waals surface area contributed by atoms with Gasteiger partial charge in [0.1, 0.15) is 24.1 Å². The number of ether oxygens (including phenoxy) is 2. The van der Waals surface area contributed by atoms with E-state index in [1.54, 1.807) is 6.07 Å². The van der Waals surface area contributed by atoms with Crippen LogP contribution < -0.4 is 4.74 Å². The summed E-state index contributed by atoms with van der Waals surface area (Å²) >= 11 is 0. The van der Waals surface area contributed by atoms with Crippen molar-refractivity contribution < 1.29 is 39.8 Å². The van der Waals surface area contributed by atoms with Crippen LogP contribution >= 0.6 is 0 Å². The number of fused-ring (bicyclic) bond motifs is 5. The summed E-state index contributed by atoms with van der Waals surface area (Å²) in [7, 11) is 0. The van der Waals surface area contributed by atoms with Crippen LogP contribution in [0.25, 0.3) is 0 Å². The van der Waals surface area contributed by atoms with E-state index in [1.807, 2.05) is 12.1 Å². The fourth-order valence-corrected chi connectivity index (χ4v) is 6.89. The number of rotatable bonds is 3. The summed E-state index contributed by atoms with van der Waals surface area (Å²) < 4.78 is 11.0. The molecule has 0 amide bonds. The standard InChI is InChI=1S/C24H32O8.Na/c1-24-9-8-14-13-5-3-12(10-11(13)2-4-15(14)16(24)6-7-17(24)25)31-23-20(28)18(26)19(27)21(32-23)22(29)30;/h3,5,10,14-21,23,25-28H,2,4,6-9H2,1H3,(H,29,30);/t14-,15-,16+,17+,18+,19+,20-,21+,23-,24+;/m1./s1. The Labute approximate surface area is 215 Å². The third kappa shape index (κ3) is 4.16. The van der Waals surface area contributed by atoms with Gasteiger partial charge in [-0.25, -0.2) is 4.79 Å². The molecule has 3 fully saturated rings. The molecule has 0 unspecified atom stereocenters. The van der Waals surface area contributed by atoms with Crippen LogP contribution in [0, 0.1) is 17.3 Å². The fraction of sp³-hybridized carbons (Fsp3) is 0.708. The van der Waals surface area contributed by atoms with Crippen molar-refractivity contribution in [2.45, 2.75) is 88.2 Å². The maximum absolute atomic E-state index is 11.3. The fourth-order valence-electron chi connectivity index (χ4n) is 6.89. The number of aryl methyl sites for hydroxylation is 1. The molecule has 2 saturated carbocycles. The molecule has 9 heteroatoms. The molecule has 5 rings (SSSR count). The largest absolute Gasteiger partial charge is 0.479 e. The molecule has 0 aromatic heterocycles. The van der Waals surface area contributed by atoms with Crippen LogP contribution in [-0.2, 0) is 16.0 Å². The van der Waals surface area contributed by atoms with Crippen molar-refractivity contribution in [2.75, 3.05) is 0 Å². The first-order valence-corrected chi connectivity index (χ1v) is 11.6. The van der Waals surface area contributed by atoms with Crippen LogP contribution in [0.2, 0.25) is 0 Å². The van der Waals surface area contributed by atoms with Gasteiger partial charge in [-0.05, 0) is 85.0 Å². The van der Waals surface area contributed by atoms with E-state index in [0.717, 1.165) is 38.5 Å². The topological polar surface area (TPSA) is 137 Å². The summed E-state index contributed by atoms with van der Waals surface area (Å²) in [5.74, 6) is 0.570. The van der Waals surface area contributed by atoms with Gasteiger partial charge in [0.2, 0.25) is 6.29 Å². The Morgan fingerprint density at radius 1 is 1.06 bits per heavy atom. The molecular weight excluding hydrogens is 439 g/mol. The predicted octanol–water partition coefficient (Wildman–Crippen LogP) is 0.794. The average Bonchev–Trinajstić information content (AvgIpc) is 3.08. The number of carboxylic acid groups (broad SMARTS) is 1. The number of carbonyl (C=O) groups is 1. The molecule has 177 valence electrons. The van der Waals surface area contributed by atoms with Crippen LogP contribution in [-0.4, -0.2) is 97.9 Å². The SMILES string of the molecule is C[C@]12CC[C@@H]3c4ccc(O[C@@H]5O[C@H](C(=O)O)[C@@H](O)[C@H](O)[C@H]5O)cc4CC[C@H]3[C@@H]1CC[C@@H]2O.[Na]. The Hall–Kier alpha value is -0.710. The van der Waals surface area contributed by atoms with E-state index in [0.29, 0.717) is 23.5 Å². The van der Waals surface area contributed by atoms with Crippen LogP contribution in [0.3, 0.4) is 0 Å². The van der Waals surface area contributed by atoms with Crippen molar-refractivity contribution in [3.8, 4) is 5.75 Å². The second kappa shape index (κ2) is 9.39. The van der Waals surface area contributed by atoms with E-state index in [2.05, 4.69) is 6.92 Å². The first kappa shape index (κ1) is 25.4. The maximum atomic E-state index is 11.3. The monoisotopic (exact) mass is 471 g/mol. The maximum Gasteiger partial charge on any atom is 0.335 e. The Morgan fingerprint density at radius 2 is 1.82 bits per heavy atom. The third-order valence-electron chi connectivity index (χ3n) is 8.71. The van der Waals surface area contributed by atoms with Crippen molar-refractivity contribution >= 4 is 35.5 Å². The Bertz CT molecular complexity index is 895. The van der Waals surface area contributed by atoms with Gasteiger partial charge in [-0.3, -0.25) is 0 Å². The summed E-state index contributed by atoms with van der Waals surface area (Å²) in [6.07, 6.45) is -2.28. The van der Waals surface area contributed by atoms with Gasteiger partial charge in [-0.15, -0.1) is 0 Å². The molecule has 1 saturated heterocycles. The zero-order valence-corrected chi connectivity index (χ0v) is 21.1. The summed E-state index contributed by atoms with van der Waals surface area (Å²) in [6.45, 7) is 2.25. The number of carboxylic acids is 1. The number of hydrogen-bond acceptors (Lipinski definition) is 7. The van der Waals surface area contributed by atoms with Gasteiger partial charge in [-0.2, -0.15) is 0 Å². The second-order valence-electron chi connectivity index (χ2n) is 10.3. The van der Waals surface area contributed by atoms with E-state index in [9.17, 15) is 30.3 Å². The average molecular weight is 472 g/mol. The van der Waals surface area contributed by atoms with Gasteiger partial charge in [0.05, 0.1) is 6.10 Å².